The van der Waals surface area contributed by atoms with Gasteiger partial charge in [-0.25, -0.2) is 9.97 Å². The van der Waals surface area contributed by atoms with Crippen LogP contribution in [0.25, 0.3) is 0 Å². The molecule has 0 fully saturated rings. The second-order valence-electron chi connectivity index (χ2n) is 5.28. The lowest BCUT2D eigenvalue weighted by Crippen LogP contribution is -2.14. The van der Waals surface area contributed by atoms with Crippen LogP contribution in [0, 0.1) is 20.8 Å². The molecule has 1 aromatic heterocycles. The number of nitrogens with one attached hydrogen (secondary N) is 1. The van der Waals surface area contributed by atoms with Gasteiger partial charge in [-0.3, -0.25) is 9.59 Å². The summed E-state index contributed by atoms with van der Waals surface area (Å²) in [6, 6.07) is 6.89. The molecule has 6 heteroatoms. The number of anilines is 1. The molecule has 0 aliphatic carbocycles. The van der Waals surface area contributed by atoms with Crippen LogP contribution < -0.4 is 5.32 Å². The Morgan fingerprint density at radius 2 is 1.78 bits per heavy atom. The van der Waals surface area contributed by atoms with Gasteiger partial charge >= 0.3 is 0 Å². The van der Waals surface area contributed by atoms with Crippen LogP contribution in [0.4, 0.5) is 5.69 Å². The maximum atomic E-state index is 12.0. The van der Waals surface area contributed by atoms with E-state index in [1.165, 1.54) is 18.7 Å². The van der Waals surface area contributed by atoms with Crippen molar-refractivity contribution >= 4 is 29.1 Å². The van der Waals surface area contributed by atoms with Crippen LogP contribution in [0.15, 0.2) is 29.4 Å². The number of carbonyl (C=O) groups excluding carboxylic acids is 2. The first-order chi connectivity index (χ1) is 10.9. The molecule has 1 heterocycles. The van der Waals surface area contributed by atoms with Crippen LogP contribution in [-0.4, -0.2) is 27.4 Å². The number of benzene rings is 1. The van der Waals surface area contributed by atoms with Crippen molar-refractivity contribution in [2.75, 3.05) is 11.1 Å². The van der Waals surface area contributed by atoms with Gasteiger partial charge in [-0.05, 0) is 45.4 Å². The van der Waals surface area contributed by atoms with Crippen molar-refractivity contribution in [1.82, 2.24) is 9.97 Å². The molecule has 1 amide bonds. The predicted molar refractivity (Wildman–Crippen MR) is 92.0 cm³/mol. The second kappa shape index (κ2) is 7.37. The lowest BCUT2D eigenvalue weighted by molar-refractivity contribution is -0.113. The third-order valence-corrected chi connectivity index (χ3v) is 4.34. The molecule has 0 bridgehead atoms. The zero-order valence-electron chi connectivity index (χ0n) is 13.6. The number of hydrogen-bond acceptors (Lipinski definition) is 5. The highest BCUT2D eigenvalue weighted by molar-refractivity contribution is 7.99. The Kier molecular flexibility index (Phi) is 5.50. The fraction of sp³-hybridized carbons (Fsp3) is 0.294. The minimum Gasteiger partial charge on any atom is -0.325 e. The van der Waals surface area contributed by atoms with Crippen LogP contribution in [-0.2, 0) is 4.79 Å². The predicted octanol–water partition coefficient (Wildman–Crippen LogP) is 3.34. The van der Waals surface area contributed by atoms with Gasteiger partial charge in [0.05, 0.1) is 5.75 Å². The molecule has 0 aliphatic rings. The first kappa shape index (κ1) is 17.1. The van der Waals surface area contributed by atoms with Gasteiger partial charge in [-0.15, -0.1) is 0 Å². The SMILES string of the molecule is CC(=O)c1cccc(NC(=O)CSc2nc(C)c(C)c(C)n2)c1. The lowest BCUT2D eigenvalue weighted by Gasteiger charge is -2.08. The molecule has 0 spiro atoms. The Labute approximate surface area is 139 Å². The van der Waals surface area contributed by atoms with Crippen molar-refractivity contribution in [3.63, 3.8) is 0 Å². The number of carbonyl (C=O) groups is 2. The zero-order chi connectivity index (χ0) is 17.0. The number of aryl methyl sites for hydroxylation is 2. The fourth-order valence-corrected chi connectivity index (χ4v) is 2.68. The van der Waals surface area contributed by atoms with Crippen molar-refractivity contribution in [1.29, 1.82) is 0 Å². The quantitative estimate of drug-likeness (QED) is 0.517. The monoisotopic (exact) mass is 329 g/mol. The summed E-state index contributed by atoms with van der Waals surface area (Å²) in [5.41, 5.74) is 4.10. The highest BCUT2D eigenvalue weighted by Gasteiger charge is 2.09. The van der Waals surface area contributed by atoms with Crippen LogP contribution in [0.2, 0.25) is 0 Å². The Balaban J connectivity index is 1.98. The van der Waals surface area contributed by atoms with Gasteiger partial charge in [0.15, 0.2) is 10.9 Å². The van der Waals surface area contributed by atoms with Crippen molar-refractivity contribution in [2.24, 2.45) is 0 Å². The Hall–Kier alpha value is -2.21. The molecule has 0 unspecified atom stereocenters. The summed E-state index contributed by atoms with van der Waals surface area (Å²) in [7, 11) is 0. The average molecular weight is 329 g/mol. The van der Waals surface area contributed by atoms with E-state index >= 15 is 0 Å². The third-order valence-electron chi connectivity index (χ3n) is 3.50. The smallest absolute Gasteiger partial charge is 0.234 e. The minimum atomic E-state index is -0.157. The summed E-state index contributed by atoms with van der Waals surface area (Å²) < 4.78 is 0. The van der Waals surface area contributed by atoms with Gasteiger partial charge in [-0.1, -0.05) is 23.9 Å². The summed E-state index contributed by atoms with van der Waals surface area (Å²) in [4.78, 5) is 32.1. The fourth-order valence-electron chi connectivity index (χ4n) is 1.95. The number of aromatic nitrogens is 2. The minimum absolute atomic E-state index is 0.0329. The van der Waals surface area contributed by atoms with Crippen molar-refractivity contribution in [3.8, 4) is 0 Å². The zero-order valence-corrected chi connectivity index (χ0v) is 14.5. The molecule has 0 radical (unpaired) electrons. The molecule has 120 valence electrons. The molecule has 2 rings (SSSR count). The number of hydrogen-bond donors (Lipinski definition) is 1. The van der Waals surface area contributed by atoms with E-state index < -0.39 is 0 Å². The average Bonchev–Trinajstić information content (AvgIpc) is 2.50. The largest absolute Gasteiger partial charge is 0.325 e. The van der Waals surface area contributed by atoms with E-state index in [0.717, 1.165) is 17.0 Å². The molecule has 0 saturated heterocycles. The van der Waals surface area contributed by atoms with E-state index in [1.54, 1.807) is 24.3 Å². The van der Waals surface area contributed by atoms with Crippen molar-refractivity contribution in [3.05, 3.63) is 46.8 Å². The van der Waals surface area contributed by atoms with Crippen LogP contribution >= 0.6 is 11.8 Å². The molecule has 1 N–H and O–H groups in total. The molecule has 0 saturated carbocycles. The van der Waals surface area contributed by atoms with Crippen LogP contribution in [0.3, 0.4) is 0 Å². The van der Waals surface area contributed by atoms with E-state index in [9.17, 15) is 9.59 Å². The topological polar surface area (TPSA) is 72.0 Å². The number of amides is 1. The first-order valence-corrected chi connectivity index (χ1v) is 8.21. The number of thioether (sulfide) groups is 1. The normalized spacial score (nSPS) is 10.4. The number of rotatable bonds is 5. The summed E-state index contributed by atoms with van der Waals surface area (Å²) in [6.07, 6.45) is 0. The second-order valence-corrected chi connectivity index (χ2v) is 6.22. The summed E-state index contributed by atoms with van der Waals surface area (Å²) in [5, 5.41) is 3.38. The molecule has 5 nitrogen and oxygen atoms in total. The number of Topliss-reactive ketones (excluding diaryl/α,β-unsaturated/α-hetero) is 1. The van der Waals surface area contributed by atoms with Gasteiger partial charge in [0.2, 0.25) is 5.91 Å². The van der Waals surface area contributed by atoms with Gasteiger partial charge < -0.3 is 5.32 Å². The van der Waals surface area contributed by atoms with E-state index in [1.807, 2.05) is 20.8 Å². The Bertz CT molecular complexity index is 736. The lowest BCUT2D eigenvalue weighted by atomic mass is 10.1. The summed E-state index contributed by atoms with van der Waals surface area (Å²) in [6.45, 7) is 7.34. The maximum absolute atomic E-state index is 12.0. The van der Waals surface area contributed by atoms with Crippen LogP contribution in [0.1, 0.15) is 34.2 Å². The molecular weight excluding hydrogens is 310 g/mol. The molecular formula is C17H19N3O2S. The Morgan fingerprint density at radius 1 is 1.13 bits per heavy atom. The molecule has 23 heavy (non-hydrogen) atoms. The first-order valence-electron chi connectivity index (χ1n) is 7.22. The van der Waals surface area contributed by atoms with Gasteiger partial charge in [-0.2, -0.15) is 0 Å². The van der Waals surface area contributed by atoms with E-state index in [2.05, 4.69) is 15.3 Å². The summed E-state index contributed by atoms with van der Waals surface area (Å²) in [5.74, 6) is 0.0244. The highest BCUT2D eigenvalue weighted by atomic mass is 32.2. The number of nitrogens with zero attached hydrogens (tertiary/aromatic N) is 2. The molecule has 0 aliphatic heterocycles. The number of ketones is 1. The van der Waals surface area contributed by atoms with E-state index in [0.29, 0.717) is 16.4 Å². The van der Waals surface area contributed by atoms with Crippen molar-refractivity contribution < 1.29 is 9.59 Å². The maximum Gasteiger partial charge on any atom is 0.234 e. The van der Waals surface area contributed by atoms with E-state index in [4.69, 9.17) is 0 Å². The van der Waals surface area contributed by atoms with Gasteiger partial charge in [0.25, 0.3) is 0 Å². The van der Waals surface area contributed by atoms with Crippen molar-refractivity contribution in [2.45, 2.75) is 32.9 Å². The molecule has 2 aromatic rings. The Morgan fingerprint density at radius 3 is 2.39 bits per heavy atom. The highest BCUT2D eigenvalue weighted by Crippen LogP contribution is 2.18. The standard InChI is InChI=1S/C17H19N3O2S/c1-10-11(2)18-17(19-12(10)3)23-9-16(22)20-15-7-5-6-14(8-15)13(4)21/h5-8H,9H2,1-4H3,(H,20,22). The molecule has 1 aromatic carbocycles. The van der Waals surface area contributed by atoms with Crippen LogP contribution in [0.5, 0.6) is 0 Å². The van der Waals surface area contributed by atoms with E-state index in [-0.39, 0.29) is 17.4 Å². The van der Waals surface area contributed by atoms with Gasteiger partial charge in [0, 0.05) is 22.6 Å². The third kappa shape index (κ3) is 4.63. The summed E-state index contributed by atoms with van der Waals surface area (Å²) >= 11 is 1.29. The van der Waals surface area contributed by atoms with Gasteiger partial charge in [0.1, 0.15) is 0 Å². The molecule has 0 atom stereocenters.